The highest BCUT2D eigenvalue weighted by Gasteiger charge is 2.27. The Morgan fingerprint density at radius 1 is 1.60 bits per heavy atom. The van der Waals surface area contributed by atoms with Crippen LogP contribution < -0.4 is 0 Å². The van der Waals surface area contributed by atoms with Crippen molar-refractivity contribution in [1.82, 2.24) is 4.90 Å². The van der Waals surface area contributed by atoms with Crippen molar-refractivity contribution in [3.05, 3.63) is 0 Å². The van der Waals surface area contributed by atoms with E-state index < -0.39 is 5.97 Å². The third-order valence-corrected chi connectivity index (χ3v) is 3.30. The molecule has 1 heterocycles. The molecule has 1 fully saturated rings. The predicted molar refractivity (Wildman–Crippen MR) is 58.5 cm³/mol. The summed E-state index contributed by atoms with van der Waals surface area (Å²) >= 11 is 1.68. The predicted octanol–water partition coefficient (Wildman–Crippen LogP) is 0.428. The molecule has 0 radical (unpaired) electrons. The summed E-state index contributed by atoms with van der Waals surface area (Å²) in [6.07, 6.45) is 5.12. The molecule has 1 atom stereocenters. The summed E-state index contributed by atoms with van der Waals surface area (Å²) in [6, 6.07) is -0.206. The third-order valence-electron chi connectivity index (χ3n) is 2.21. The van der Waals surface area contributed by atoms with Crippen molar-refractivity contribution in [2.24, 2.45) is 0 Å². The summed E-state index contributed by atoms with van der Waals surface area (Å²) in [4.78, 5) is 23.8. The normalized spacial score (nSPS) is 20.7. The Morgan fingerprint density at radius 3 is 2.93 bits per heavy atom. The molecule has 0 aliphatic carbocycles. The van der Waals surface area contributed by atoms with Crippen molar-refractivity contribution in [2.45, 2.75) is 18.9 Å². The first-order valence-corrected chi connectivity index (χ1v) is 5.83. The van der Waals surface area contributed by atoms with Crippen molar-refractivity contribution in [2.75, 3.05) is 18.1 Å². The maximum atomic E-state index is 11.6. The highest BCUT2D eigenvalue weighted by molar-refractivity contribution is 7.99. The molecule has 1 rings (SSSR count). The number of terminal acetylenes is 1. The van der Waals surface area contributed by atoms with Crippen LogP contribution in [-0.4, -0.2) is 46.0 Å². The van der Waals surface area contributed by atoms with E-state index in [2.05, 4.69) is 5.92 Å². The monoisotopic (exact) mass is 227 g/mol. The van der Waals surface area contributed by atoms with Crippen molar-refractivity contribution in [3.8, 4) is 12.3 Å². The van der Waals surface area contributed by atoms with Crippen LogP contribution in [0.4, 0.5) is 0 Å². The average Bonchev–Trinajstić information content (AvgIpc) is 2.18. The molecule has 82 valence electrons. The Hall–Kier alpha value is -1.15. The van der Waals surface area contributed by atoms with Gasteiger partial charge in [0.2, 0.25) is 5.91 Å². The lowest BCUT2D eigenvalue weighted by Crippen LogP contribution is -2.46. The van der Waals surface area contributed by atoms with Gasteiger partial charge in [0.25, 0.3) is 0 Å². The number of carbonyl (C=O) groups excluding carboxylic acids is 1. The summed E-state index contributed by atoms with van der Waals surface area (Å²) in [7, 11) is 0. The van der Waals surface area contributed by atoms with Crippen LogP contribution in [0.1, 0.15) is 12.8 Å². The van der Waals surface area contributed by atoms with Gasteiger partial charge in [0.15, 0.2) is 0 Å². The minimum absolute atomic E-state index is 0.00329. The molecule has 4 nitrogen and oxygen atoms in total. The fourth-order valence-corrected chi connectivity index (χ4v) is 2.61. The van der Waals surface area contributed by atoms with Gasteiger partial charge in [-0.2, -0.15) is 11.8 Å². The molecule has 0 bridgehead atoms. The number of carboxylic acids is 1. The zero-order chi connectivity index (χ0) is 11.3. The van der Waals surface area contributed by atoms with E-state index in [9.17, 15) is 9.59 Å². The van der Waals surface area contributed by atoms with Crippen LogP contribution >= 0.6 is 11.8 Å². The van der Waals surface area contributed by atoms with Gasteiger partial charge in [0, 0.05) is 18.1 Å². The third kappa shape index (κ3) is 3.48. The number of carboxylic acid groups (broad SMARTS) is 1. The van der Waals surface area contributed by atoms with Gasteiger partial charge in [-0.1, -0.05) is 5.92 Å². The number of hydrogen-bond donors (Lipinski definition) is 1. The maximum Gasteiger partial charge on any atom is 0.305 e. The Bertz CT molecular complexity index is 298. The van der Waals surface area contributed by atoms with E-state index in [1.807, 2.05) is 0 Å². The number of amides is 1. The van der Waals surface area contributed by atoms with Crippen molar-refractivity contribution in [1.29, 1.82) is 0 Å². The Balaban J connectivity index is 2.61. The molecule has 0 spiro atoms. The van der Waals surface area contributed by atoms with Crippen LogP contribution in [0.3, 0.4) is 0 Å². The molecule has 1 saturated heterocycles. The molecule has 0 aromatic rings. The van der Waals surface area contributed by atoms with Crippen molar-refractivity contribution in [3.63, 3.8) is 0 Å². The largest absolute Gasteiger partial charge is 0.481 e. The van der Waals surface area contributed by atoms with Crippen LogP contribution in [-0.2, 0) is 9.59 Å². The fourth-order valence-electron chi connectivity index (χ4n) is 1.54. The second kappa shape index (κ2) is 5.66. The number of aliphatic carboxylic acids is 1. The second-order valence-electron chi connectivity index (χ2n) is 3.29. The number of nitrogens with zero attached hydrogens (tertiary/aromatic N) is 1. The lowest BCUT2D eigenvalue weighted by atomic mass is 10.2. The summed E-state index contributed by atoms with van der Waals surface area (Å²) < 4.78 is 0. The van der Waals surface area contributed by atoms with Gasteiger partial charge in [-0.05, 0) is 0 Å². The molecule has 0 aromatic heterocycles. The molecule has 0 aromatic carbocycles. The number of hydrogen-bond acceptors (Lipinski definition) is 3. The Morgan fingerprint density at radius 2 is 2.33 bits per heavy atom. The van der Waals surface area contributed by atoms with E-state index in [1.54, 1.807) is 16.7 Å². The summed E-state index contributed by atoms with van der Waals surface area (Å²) in [5, 5.41) is 8.71. The average molecular weight is 227 g/mol. The summed E-state index contributed by atoms with van der Waals surface area (Å²) in [5.74, 6) is 2.82. The molecule has 1 amide bonds. The van der Waals surface area contributed by atoms with E-state index >= 15 is 0 Å². The SMILES string of the molecule is C#CCC(=O)N1CCSCC1CC(=O)O. The smallest absolute Gasteiger partial charge is 0.305 e. The highest BCUT2D eigenvalue weighted by atomic mass is 32.2. The molecule has 0 saturated carbocycles. The lowest BCUT2D eigenvalue weighted by molar-refractivity contribution is -0.140. The van der Waals surface area contributed by atoms with Crippen LogP contribution in [0.15, 0.2) is 0 Å². The lowest BCUT2D eigenvalue weighted by Gasteiger charge is -2.34. The Labute approximate surface area is 93.0 Å². The molecule has 5 heteroatoms. The molecule has 1 N–H and O–H groups in total. The van der Waals surface area contributed by atoms with Crippen LogP contribution in [0.25, 0.3) is 0 Å². The van der Waals surface area contributed by atoms with E-state index in [0.717, 1.165) is 5.75 Å². The minimum Gasteiger partial charge on any atom is -0.481 e. The zero-order valence-electron chi connectivity index (χ0n) is 8.31. The van der Waals surface area contributed by atoms with Gasteiger partial charge in [0.05, 0.1) is 18.9 Å². The molecule has 1 aliphatic rings. The Kier molecular flexibility index (Phi) is 4.50. The molecule has 1 unspecified atom stereocenters. The van der Waals surface area contributed by atoms with E-state index in [4.69, 9.17) is 11.5 Å². The second-order valence-corrected chi connectivity index (χ2v) is 4.44. The number of thioether (sulfide) groups is 1. The van der Waals surface area contributed by atoms with Gasteiger partial charge in [-0.15, -0.1) is 6.42 Å². The molecule has 15 heavy (non-hydrogen) atoms. The minimum atomic E-state index is -0.874. The number of rotatable bonds is 3. The number of carbonyl (C=O) groups is 2. The van der Waals surface area contributed by atoms with E-state index in [0.29, 0.717) is 12.3 Å². The fraction of sp³-hybridized carbons (Fsp3) is 0.600. The quantitative estimate of drug-likeness (QED) is 0.710. The van der Waals surface area contributed by atoms with E-state index in [-0.39, 0.29) is 24.8 Å². The first kappa shape index (κ1) is 11.9. The molecular formula is C10H13NO3S. The van der Waals surface area contributed by atoms with Gasteiger partial charge < -0.3 is 10.0 Å². The summed E-state index contributed by atoms with van der Waals surface area (Å²) in [6.45, 7) is 0.600. The van der Waals surface area contributed by atoms with Crippen molar-refractivity contribution < 1.29 is 14.7 Å². The highest BCUT2D eigenvalue weighted by Crippen LogP contribution is 2.19. The van der Waals surface area contributed by atoms with Gasteiger partial charge >= 0.3 is 5.97 Å². The van der Waals surface area contributed by atoms with E-state index in [1.165, 1.54) is 0 Å². The first-order chi connectivity index (χ1) is 7.15. The van der Waals surface area contributed by atoms with Gasteiger partial charge in [0.1, 0.15) is 0 Å². The van der Waals surface area contributed by atoms with Gasteiger partial charge in [-0.3, -0.25) is 9.59 Å². The topological polar surface area (TPSA) is 57.6 Å². The van der Waals surface area contributed by atoms with Crippen LogP contribution in [0.5, 0.6) is 0 Å². The van der Waals surface area contributed by atoms with Crippen LogP contribution in [0.2, 0.25) is 0 Å². The molecular weight excluding hydrogens is 214 g/mol. The maximum absolute atomic E-state index is 11.6. The van der Waals surface area contributed by atoms with Gasteiger partial charge in [-0.25, -0.2) is 0 Å². The van der Waals surface area contributed by atoms with Crippen LogP contribution in [0, 0.1) is 12.3 Å². The molecule has 1 aliphatic heterocycles. The first-order valence-electron chi connectivity index (χ1n) is 4.67. The standard InChI is InChI=1S/C10H13NO3S/c1-2-3-9(12)11-4-5-15-7-8(11)6-10(13)14/h1,8H,3-7H2,(H,13,14). The summed E-state index contributed by atoms with van der Waals surface area (Å²) in [5.41, 5.74) is 0. The van der Waals surface area contributed by atoms with Crippen molar-refractivity contribution >= 4 is 23.6 Å². The zero-order valence-corrected chi connectivity index (χ0v) is 9.13.